The second-order valence-corrected chi connectivity index (χ2v) is 4.87. The molecule has 11 nitrogen and oxygen atoms in total. The zero-order chi connectivity index (χ0) is 19.3. The Hall–Kier alpha value is -3.76. The zero-order valence-corrected chi connectivity index (χ0v) is 13.4. The fourth-order valence-electron chi connectivity index (χ4n) is 2.00. The van der Waals surface area contributed by atoms with Crippen molar-refractivity contribution in [2.24, 2.45) is 0 Å². The lowest BCUT2D eigenvalue weighted by molar-refractivity contribution is -0.260. The van der Waals surface area contributed by atoms with E-state index in [0.29, 0.717) is 15.9 Å². The van der Waals surface area contributed by atoms with Gasteiger partial charge in [-0.25, -0.2) is 9.48 Å². The van der Waals surface area contributed by atoms with Crippen molar-refractivity contribution in [3.05, 3.63) is 41.2 Å². The van der Waals surface area contributed by atoms with E-state index in [4.69, 9.17) is 4.74 Å². The molecule has 11 heteroatoms. The van der Waals surface area contributed by atoms with E-state index in [1.165, 1.54) is 24.3 Å². The van der Waals surface area contributed by atoms with E-state index in [1.54, 1.807) is 6.92 Å². The van der Waals surface area contributed by atoms with Crippen LogP contribution in [0, 0.1) is 0 Å². The maximum Gasteiger partial charge on any atom is 0.338 e. The van der Waals surface area contributed by atoms with Crippen LogP contribution in [0.15, 0.2) is 24.3 Å². The minimum Gasteiger partial charge on any atom is -0.543 e. The van der Waals surface area contributed by atoms with Crippen molar-refractivity contribution in [3.63, 3.8) is 0 Å². The molecule has 1 heterocycles. The van der Waals surface area contributed by atoms with Gasteiger partial charge in [0.05, 0.1) is 24.1 Å². The lowest BCUT2D eigenvalue weighted by Gasteiger charge is -2.10. The average molecular weight is 360 g/mol. The number of ether oxygens (including phenoxy) is 1. The first-order chi connectivity index (χ1) is 12.3. The van der Waals surface area contributed by atoms with E-state index in [1.807, 2.05) is 0 Å². The first kappa shape index (κ1) is 18.6. The van der Waals surface area contributed by atoms with Gasteiger partial charge in [-0.3, -0.25) is 4.79 Å². The van der Waals surface area contributed by atoms with Crippen molar-refractivity contribution in [3.8, 4) is 0 Å². The van der Waals surface area contributed by atoms with Crippen molar-refractivity contribution < 1.29 is 34.1 Å². The van der Waals surface area contributed by atoms with Crippen LogP contribution in [0.4, 0.5) is 5.69 Å². The molecule has 2 rings (SSSR count). The van der Waals surface area contributed by atoms with Gasteiger partial charge >= 0.3 is 5.97 Å². The van der Waals surface area contributed by atoms with Gasteiger partial charge in [-0.2, -0.15) is 0 Å². The smallest absolute Gasteiger partial charge is 0.338 e. The summed E-state index contributed by atoms with van der Waals surface area (Å²) in [6.45, 7) is 1.27. The number of carboxylic acid groups (broad SMARTS) is 2. The topological polar surface area (TPSA) is 166 Å². The number of amides is 1. The highest BCUT2D eigenvalue weighted by Crippen LogP contribution is 2.11. The standard InChI is InChI=1S/C15H14N4O7/c1-2-26-15(25)8-3-5-9(6-4-8)16-10(20)7-19-12(14(23)24)11(13(21)22)17-18-19/h3-6H,2,7H2,1H3,(H,16,20)(H,21,22)(H,23,24)/p-2. The molecule has 0 unspecified atom stereocenters. The van der Waals surface area contributed by atoms with E-state index in [9.17, 15) is 29.4 Å². The fraction of sp³-hybridized carbons (Fsp3) is 0.200. The predicted molar refractivity (Wildman–Crippen MR) is 79.7 cm³/mol. The van der Waals surface area contributed by atoms with Crippen LogP contribution < -0.4 is 15.5 Å². The summed E-state index contributed by atoms with van der Waals surface area (Å²) >= 11 is 0. The Kier molecular flexibility index (Phi) is 5.63. The van der Waals surface area contributed by atoms with Gasteiger partial charge < -0.3 is 29.9 Å². The van der Waals surface area contributed by atoms with Crippen molar-refractivity contribution >= 4 is 29.5 Å². The van der Waals surface area contributed by atoms with Crippen LogP contribution in [-0.4, -0.2) is 45.4 Å². The number of hydrogen-bond donors (Lipinski definition) is 1. The van der Waals surface area contributed by atoms with E-state index in [-0.39, 0.29) is 6.61 Å². The van der Waals surface area contributed by atoms with Crippen molar-refractivity contribution in [1.29, 1.82) is 0 Å². The third kappa shape index (κ3) is 4.20. The van der Waals surface area contributed by atoms with Crippen LogP contribution in [0.2, 0.25) is 0 Å². The molecule has 1 aromatic carbocycles. The minimum absolute atomic E-state index is 0.226. The molecule has 0 bridgehead atoms. The van der Waals surface area contributed by atoms with Gasteiger partial charge in [0.2, 0.25) is 5.91 Å². The number of hydrogen-bond acceptors (Lipinski definition) is 9. The first-order valence-corrected chi connectivity index (χ1v) is 7.26. The van der Waals surface area contributed by atoms with Gasteiger partial charge in [0.1, 0.15) is 17.9 Å². The van der Waals surface area contributed by atoms with Crippen molar-refractivity contribution in [1.82, 2.24) is 15.0 Å². The van der Waals surface area contributed by atoms with Crippen molar-refractivity contribution in [2.75, 3.05) is 11.9 Å². The van der Waals surface area contributed by atoms with E-state index >= 15 is 0 Å². The fourth-order valence-corrected chi connectivity index (χ4v) is 2.00. The molecule has 26 heavy (non-hydrogen) atoms. The number of esters is 1. The third-order valence-corrected chi connectivity index (χ3v) is 3.09. The summed E-state index contributed by atoms with van der Waals surface area (Å²) in [7, 11) is 0. The Morgan fingerprint density at radius 2 is 1.77 bits per heavy atom. The summed E-state index contributed by atoms with van der Waals surface area (Å²) in [5, 5.41) is 30.7. The Labute approximate surface area is 146 Å². The highest BCUT2D eigenvalue weighted by atomic mass is 16.5. The van der Waals surface area contributed by atoms with Gasteiger partial charge in [-0.05, 0) is 31.2 Å². The molecule has 0 radical (unpaired) electrons. The molecular weight excluding hydrogens is 348 g/mol. The lowest BCUT2D eigenvalue weighted by atomic mass is 10.2. The number of nitrogens with zero attached hydrogens (tertiary/aromatic N) is 3. The Bertz CT molecular complexity index is 857. The molecule has 0 saturated carbocycles. The molecule has 136 valence electrons. The number of nitrogens with one attached hydrogen (secondary N) is 1. The van der Waals surface area contributed by atoms with Gasteiger partial charge in [-0.15, -0.1) is 5.10 Å². The maximum absolute atomic E-state index is 12.0. The molecule has 0 aliphatic rings. The molecule has 0 aliphatic heterocycles. The molecule has 0 saturated heterocycles. The largest absolute Gasteiger partial charge is 0.543 e. The second kappa shape index (κ2) is 7.88. The first-order valence-electron chi connectivity index (χ1n) is 7.26. The lowest BCUT2D eigenvalue weighted by Crippen LogP contribution is -2.33. The predicted octanol–water partition coefficient (Wildman–Crippen LogP) is -2.18. The SMILES string of the molecule is CCOC(=O)c1ccc(NC(=O)Cn2nnc(C(=O)[O-])c2C(=O)[O-])cc1. The van der Waals surface area contributed by atoms with E-state index < -0.39 is 41.7 Å². The molecule has 1 N–H and O–H groups in total. The van der Waals surface area contributed by atoms with Crippen LogP contribution >= 0.6 is 0 Å². The summed E-state index contributed by atoms with van der Waals surface area (Å²) in [6.07, 6.45) is 0. The molecule has 1 amide bonds. The number of benzene rings is 1. The molecule has 1 aromatic heterocycles. The molecule has 0 fully saturated rings. The van der Waals surface area contributed by atoms with Crippen LogP contribution in [-0.2, 0) is 16.1 Å². The molecule has 0 aliphatic carbocycles. The quantitative estimate of drug-likeness (QED) is 0.540. The average Bonchev–Trinajstić information content (AvgIpc) is 2.99. The van der Waals surface area contributed by atoms with Crippen molar-refractivity contribution in [2.45, 2.75) is 13.5 Å². The number of carboxylic acids is 2. The zero-order valence-electron chi connectivity index (χ0n) is 13.4. The summed E-state index contributed by atoms with van der Waals surface area (Å²) in [6, 6.07) is 5.75. The third-order valence-electron chi connectivity index (χ3n) is 3.09. The molecule has 0 spiro atoms. The molecule has 0 atom stereocenters. The highest BCUT2D eigenvalue weighted by Gasteiger charge is 2.17. The summed E-state index contributed by atoms with van der Waals surface area (Å²) in [5.74, 6) is -4.93. The highest BCUT2D eigenvalue weighted by molar-refractivity contribution is 5.98. The Morgan fingerprint density at radius 1 is 1.12 bits per heavy atom. The van der Waals surface area contributed by atoms with Crippen LogP contribution in [0.25, 0.3) is 0 Å². The Morgan fingerprint density at radius 3 is 2.31 bits per heavy atom. The summed E-state index contributed by atoms with van der Waals surface area (Å²) in [5.41, 5.74) is -1.20. The van der Waals surface area contributed by atoms with Crippen LogP contribution in [0.3, 0.4) is 0 Å². The van der Waals surface area contributed by atoms with Crippen LogP contribution in [0.1, 0.15) is 38.3 Å². The van der Waals surface area contributed by atoms with Crippen LogP contribution in [0.5, 0.6) is 0 Å². The van der Waals surface area contributed by atoms with Gasteiger partial charge in [0.25, 0.3) is 0 Å². The monoisotopic (exact) mass is 360 g/mol. The molecular formula is C15H12N4O7-2. The molecule has 2 aromatic rings. The number of aromatic carboxylic acids is 2. The summed E-state index contributed by atoms with van der Waals surface area (Å²) in [4.78, 5) is 45.3. The van der Waals surface area contributed by atoms with Gasteiger partial charge in [-0.1, -0.05) is 5.21 Å². The number of rotatable bonds is 7. The number of aromatic nitrogens is 3. The number of carbonyl (C=O) groups is 4. The number of carbonyl (C=O) groups excluding carboxylic acids is 4. The van der Waals surface area contributed by atoms with Gasteiger partial charge in [0, 0.05) is 5.69 Å². The minimum atomic E-state index is -1.86. The van der Waals surface area contributed by atoms with E-state index in [2.05, 4.69) is 15.6 Å². The normalized spacial score (nSPS) is 10.2. The van der Waals surface area contributed by atoms with E-state index in [0.717, 1.165) is 0 Å². The summed E-state index contributed by atoms with van der Waals surface area (Å²) < 4.78 is 5.40. The second-order valence-electron chi connectivity index (χ2n) is 4.87. The number of anilines is 1. The Balaban J connectivity index is 2.09. The van der Waals surface area contributed by atoms with Gasteiger partial charge in [0.15, 0.2) is 0 Å². The maximum atomic E-state index is 12.0.